The fourth-order valence-electron chi connectivity index (χ4n) is 16.0. The van der Waals surface area contributed by atoms with Crippen LogP contribution < -0.4 is 20.6 Å². The largest absolute Gasteiger partial charge is 0.456 e. The predicted octanol–water partition coefficient (Wildman–Crippen LogP) is 21.2. The first-order valence-corrected chi connectivity index (χ1v) is 31.7. The minimum absolute atomic E-state index is 0.0278. The van der Waals surface area contributed by atoms with E-state index in [9.17, 15) is 0 Å². The summed E-state index contributed by atoms with van der Waals surface area (Å²) in [6.45, 7) is 37.5. The van der Waals surface area contributed by atoms with Gasteiger partial charge in [0.25, 0.3) is 0 Å². The second-order valence-corrected chi connectivity index (χ2v) is 31.0. The zero-order valence-corrected chi connectivity index (χ0v) is 53.6. The number of anilines is 5. The maximum absolute atomic E-state index is 6.98. The maximum atomic E-state index is 6.98. The predicted molar refractivity (Wildman–Crippen MR) is 372 cm³/mol. The van der Waals surface area contributed by atoms with Crippen molar-refractivity contribution in [2.24, 2.45) is 0 Å². The van der Waals surface area contributed by atoms with Crippen LogP contribution in [-0.2, 0) is 32.5 Å². The van der Waals surface area contributed by atoms with Crippen LogP contribution in [0.3, 0.4) is 0 Å². The highest BCUT2D eigenvalue weighted by atomic mass is 16.3. The van der Waals surface area contributed by atoms with E-state index in [0.29, 0.717) is 0 Å². The van der Waals surface area contributed by atoms with Crippen LogP contribution in [0.2, 0.25) is 0 Å². The summed E-state index contributed by atoms with van der Waals surface area (Å²) < 4.78 is 9.66. The third kappa shape index (κ3) is 7.57. The number of fused-ring (bicyclic) bond motifs is 19. The average Bonchev–Trinajstić information content (AvgIpc) is 1.55. The third-order valence-corrected chi connectivity index (χ3v) is 20.8. The van der Waals surface area contributed by atoms with Gasteiger partial charge < -0.3 is 18.7 Å². The number of para-hydroxylation sites is 1. The normalized spacial score (nSPS) is 15.3. The highest BCUT2D eigenvalue weighted by molar-refractivity contribution is 6.94. The molecular formula is C82H78BN3O. The highest BCUT2D eigenvalue weighted by Crippen LogP contribution is 2.62. The average molecular weight is 1130 g/mol. The van der Waals surface area contributed by atoms with E-state index in [1.165, 1.54) is 128 Å². The standard InChI is InChI=1S/C82H78BN3O/c1-77(2,3)47-25-32-51(33-26-47)84(52-34-27-48(28-35-52)78(4,5)6)54-38-39-63-57(42-54)58-44-67-61(43-64(58)81(63,13)14)72-71-56-22-17-19-23-62(56)82(15,16)74(71)73-60-41-50(80(10,11)12)31-40-66(60)85-68-45-59-55-21-18-20-24-69(55)87-70(59)46-65(68)83(75(72)76(73)85)86(67)53-36-29-49(30-37-53)79(7,8)9/h17-46H,1-16H3. The molecule has 12 aromatic rings. The molecule has 0 saturated heterocycles. The molecule has 4 nitrogen and oxygen atoms in total. The SMILES string of the molecule is CC(C)(C)c1ccc(N2B3c4cc5oc6ccccc6c5cc4-n4c5ccc(C(C)(C)C)cc5c5c6c(c(c3c54)-c3cc4c(cc32)-c2cc(N(c3ccc(C(C)(C)C)cc3)c3ccc(C(C)(C)C)cc3)ccc2C4(C)C)-c2ccccc2C6(C)C)cc1. The quantitative estimate of drug-likeness (QED) is 0.164. The lowest BCUT2D eigenvalue weighted by Crippen LogP contribution is -2.60. The van der Waals surface area contributed by atoms with Gasteiger partial charge in [-0.15, -0.1) is 0 Å². The molecule has 4 heterocycles. The maximum Gasteiger partial charge on any atom is 0.333 e. The number of benzene rings is 10. The molecule has 430 valence electrons. The van der Waals surface area contributed by atoms with Crippen LogP contribution in [0, 0.1) is 0 Å². The molecule has 2 aromatic heterocycles. The lowest BCUT2D eigenvalue weighted by atomic mass is 9.43. The topological polar surface area (TPSA) is 24.6 Å². The van der Waals surface area contributed by atoms with Crippen molar-refractivity contribution in [3.63, 3.8) is 0 Å². The van der Waals surface area contributed by atoms with E-state index < -0.39 is 0 Å². The summed E-state index contributed by atoms with van der Waals surface area (Å²) >= 11 is 0. The molecule has 2 aliphatic carbocycles. The zero-order valence-electron chi connectivity index (χ0n) is 53.6. The molecule has 0 unspecified atom stereocenters. The van der Waals surface area contributed by atoms with E-state index in [2.05, 4.69) is 307 Å². The summed E-state index contributed by atoms with van der Waals surface area (Å²) in [5.41, 5.74) is 32.0. The molecule has 0 saturated carbocycles. The number of aromatic nitrogens is 1. The van der Waals surface area contributed by atoms with Crippen molar-refractivity contribution in [3.8, 4) is 39.1 Å². The van der Waals surface area contributed by atoms with Gasteiger partial charge in [-0.3, -0.25) is 0 Å². The Morgan fingerprint density at radius 2 is 0.977 bits per heavy atom. The fraction of sp³-hybridized carbons (Fsp3) is 0.268. The van der Waals surface area contributed by atoms with Crippen LogP contribution in [0.4, 0.5) is 28.4 Å². The molecule has 87 heavy (non-hydrogen) atoms. The number of nitrogens with zero attached hydrogens (tertiary/aromatic N) is 3. The molecule has 2 aliphatic heterocycles. The molecule has 0 radical (unpaired) electrons. The van der Waals surface area contributed by atoms with Gasteiger partial charge in [-0.05, 0) is 196 Å². The van der Waals surface area contributed by atoms with E-state index >= 15 is 0 Å². The molecule has 0 atom stereocenters. The fourth-order valence-corrected chi connectivity index (χ4v) is 16.0. The Morgan fingerprint density at radius 3 is 1.62 bits per heavy atom. The van der Waals surface area contributed by atoms with Gasteiger partial charge in [-0.2, -0.15) is 0 Å². The molecule has 5 heteroatoms. The van der Waals surface area contributed by atoms with Gasteiger partial charge in [-0.1, -0.05) is 202 Å². The van der Waals surface area contributed by atoms with E-state index in [1.807, 2.05) is 0 Å². The molecule has 4 aliphatic rings. The van der Waals surface area contributed by atoms with Crippen molar-refractivity contribution in [1.29, 1.82) is 0 Å². The smallest absolute Gasteiger partial charge is 0.333 e. The van der Waals surface area contributed by atoms with Crippen molar-refractivity contribution in [2.75, 3.05) is 9.71 Å². The van der Waals surface area contributed by atoms with E-state index in [-0.39, 0.29) is 39.3 Å². The third-order valence-electron chi connectivity index (χ3n) is 20.8. The Bertz CT molecular complexity index is 4880. The van der Waals surface area contributed by atoms with Gasteiger partial charge in [0.15, 0.2) is 0 Å². The van der Waals surface area contributed by atoms with Crippen LogP contribution in [0.1, 0.15) is 155 Å². The van der Waals surface area contributed by atoms with Gasteiger partial charge >= 0.3 is 6.85 Å². The molecule has 0 spiro atoms. The van der Waals surface area contributed by atoms with Gasteiger partial charge in [-0.25, -0.2) is 0 Å². The Labute approximate surface area is 514 Å². The van der Waals surface area contributed by atoms with Gasteiger partial charge in [0.2, 0.25) is 0 Å². The van der Waals surface area contributed by atoms with E-state index in [1.54, 1.807) is 0 Å². The van der Waals surface area contributed by atoms with Crippen LogP contribution in [-0.4, -0.2) is 11.4 Å². The van der Waals surface area contributed by atoms with Gasteiger partial charge in [0, 0.05) is 72.1 Å². The monoisotopic (exact) mass is 1130 g/mol. The second kappa shape index (κ2) is 17.6. The van der Waals surface area contributed by atoms with Crippen molar-refractivity contribution < 1.29 is 4.42 Å². The van der Waals surface area contributed by atoms with E-state index in [0.717, 1.165) is 39.0 Å². The molecule has 16 rings (SSSR count). The Hall–Kier alpha value is -8.54. The van der Waals surface area contributed by atoms with Crippen LogP contribution >= 0.6 is 0 Å². The van der Waals surface area contributed by atoms with Gasteiger partial charge in [0.05, 0.1) is 11.0 Å². The highest BCUT2D eigenvalue weighted by Gasteiger charge is 2.51. The Morgan fingerprint density at radius 1 is 0.414 bits per heavy atom. The second-order valence-electron chi connectivity index (χ2n) is 31.0. The number of rotatable bonds is 4. The van der Waals surface area contributed by atoms with Gasteiger partial charge in [0.1, 0.15) is 11.2 Å². The first kappa shape index (κ1) is 53.9. The van der Waals surface area contributed by atoms with Crippen molar-refractivity contribution in [2.45, 2.75) is 143 Å². The zero-order chi connectivity index (χ0) is 60.6. The summed E-state index contributed by atoms with van der Waals surface area (Å²) in [6.07, 6.45) is 0. The van der Waals surface area contributed by atoms with Crippen molar-refractivity contribution in [3.05, 3.63) is 226 Å². The minimum Gasteiger partial charge on any atom is -0.456 e. The minimum atomic E-state index is -0.318. The van der Waals surface area contributed by atoms with Crippen LogP contribution in [0.25, 0.3) is 82.8 Å². The van der Waals surface area contributed by atoms with E-state index in [4.69, 9.17) is 4.42 Å². The number of hydrogen-bond acceptors (Lipinski definition) is 3. The summed E-state index contributed by atoms with van der Waals surface area (Å²) in [6, 6.07) is 71.0. The summed E-state index contributed by atoms with van der Waals surface area (Å²) in [4.78, 5) is 5.21. The molecule has 10 aromatic carbocycles. The number of hydrogen-bond donors (Lipinski definition) is 0. The molecule has 0 amide bonds. The molecule has 0 N–H and O–H groups in total. The molecular weight excluding hydrogens is 1050 g/mol. The van der Waals surface area contributed by atoms with Crippen molar-refractivity contribution in [1.82, 2.24) is 4.57 Å². The Balaban J connectivity index is 1.03. The lowest BCUT2D eigenvalue weighted by Gasteiger charge is -2.43. The first-order valence-electron chi connectivity index (χ1n) is 31.7. The lowest BCUT2D eigenvalue weighted by molar-refractivity contribution is 0.590. The summed E-state index contributed by atoms with van der Waals surface area (Å²) in [7, 11) is 0. The van der Waals surface area contributed by atoms with Crippen molar-refractivity contribution >= 4 is 90.0 Å². The number of furan rings is 1. The van der Waals surface area contributed by atoms with Crippen LogP contribution in [0.5, 0.6) is 0 Å². The van der Waals surface area contributed by atoms with Crippen LogP contribution in [0.15, 0.2) is 186 Å². The molecule has 0 bridgehead atoms. The first-order chi connectivity index (χ1) is 41.2. The summed E-state index contributed by atoms with van der Waals surface area (Å²) in [5.74, 6) is 0. The summed E-state index contributed by atoms with van der Waals surface area (Å²) in [5, 5.41) is 4.96. The molecule has 0 fully saturated rings. The Kier molecular flexibility index (Phi) is 10.9.